The number of carbonyl (C=O) groups excluding carboxylic acids is 1. The Morgan fingerprint density at radius 1 is 0.943 bits per heavy atom. The van der Waals surface area contributed by atoms with E-state index in [1.54, 1.807) is 18.2 Å². The van der Waals surface area contributed by atoms with Crippen LogP contribution in [0.15, 0.2) is 77.2 Å². The molecule has 1 amide bonds. The smallest absolute Gasteiger partial charge is 0.291 e. The molecule has 8 nitrogen and oxygen atoms in total. The van der Waals surface area contributed by atoms with Gasteiger partial charge in [0, 0.05) is 12.1 Å². The summed E-state index contributed by atoms with van der Waals surface area (Å²) in [6.45, 7) is 6.00. The van der Waals surface area contributed by atoms with E-state index >= 15 is 0 Å². The van der Waals surface area contributed by atoms with Crippen molar-refractivity contribution in [2.24, 2.45) is 0 Å². The van der Waals surface area contributed by atoms with Crippen molar-refractivity contribution in [2.45, 2.75) is 27.4 Å². The number of ether oxygens (including phenoxy) is 2. The number of benzene rings is 3. The van der Waals surface area contributed by atoms with Crippen molar-refractivity contribution in [1.29, 1.82) is 0 Å². The third-order valence-corrected chi connectivity index (χ3v) is 5.14. The lowest BCUT2D eigenvalue weighted by atomic mass is 10.1. The van der Waals surface area contributed by atoms with E-state index < -0.39 is 10.8 Å². The fourth-order valence-electron chi connectivity index (χ4n) is 3.56. The number of nitrogens with zero attached hydrogens (tertiary/aromatic N) is 1. The second kappa shape index (κ2) is 10.1. The van der Waals surface area contributed by atoms with Crippen LogP contribution in [0.25, 0.3) is 0 Å². The molecule has 3 aromatic carbocycles. The summed E-state index contributed by atoms with van der Waals surface area (Å²) < 4.78 is 17.2. The standard InChI is InChI=1S/C27H24N2O6/c1-17-10-18(2)12-23(11-17)33-16-22-8-9-26(34-22)27(30)28-20-13-21(29(31)32)15-24(14-20)35-25-7-5-4-6-19(25)3/h4-15H,16H2,1-3H3,(H,28,30). The molecule has 0 spiro atoms. The van der Waals surface area contributed by atoms with Crippen molar-refractivity contribution >= 4 is 17.3 Å². The highest BCUT2D eigenvalue weighted by atomic mass is 16.6. The molecule has 4 rings (SSSR count). The normalized spacial score (nSPS) is 10.6. The number of furan rings is 1. The van der Waals surface area contributed by atoms with E-state index in [-0.39, 0.29) is 29.5 Å². The van der Waals surface area contributed by atoms with Crippen molar-refractivity contribution < 1.29 is 23.6 Å². The van der Waals surface area contributed by atoms with E-state index in [2.05, 4.69) is 5.32 Å². The van der Waals surface area contributed by atoms with E-state index in [9.17, 15) is 14.9 Å². The molecule has 35 heavy (non-hydrogen) atoms. The highest BCUT2D eigenvalue weighted by Gasteiger charge is 2.17. The Kier molecular flexibility index (Phi) is 6.82. The maximum absolute atomic E-state index is 12.7. The molecule has 1 aromatic heterocycles. The lowest BCUT2D eigenvalue weighted by molar-refractivity contribution is -0.384. The van der Waals surface area contributed by atoms with E-state index in [0.29, 0.717) is 17.3 Å². The summed E-state index contributed by atoms with van der Waals surface area (Å²) in [5, 5.41) is 14.1. The van der Waals surface area contributed by atoms with Gasteiger partial charge in [-0.05, 0) is 67.8 Å². The maximum atomic E-state index is 12.7. The second-order valence-corrected chi connectivity index (χ2v) is 8.17. The minimum absolute atomic E-state index is 0.0527. The molecular weight excluding hydrogens is 448 g/mol. The molecule has 0 saturated carbocycles. The Bertz CT molecular complexity index is 1370. The van der Waals surface area contributed by atoms with Crippen molar-refractivity contribution in [3.63, 3.8) is 0 Å². The number of rotatable bonds is 8. The van der Waals surface area contributed by atoms with Crippen LogP contribution in [-0.4, -0.2) is 10.8 Å². The average molecular weight is 472 g/mol. The zero-order valence-electron chi connectivity index (χ0n) is 19.5. The van der Waals surface area contributed by atoms with Gasteiger partial charge in [0.2, 0.25) is 0 Å². The number of para-hydroxylation sites is 1. The fraction of sp³-hybridized carbons (Fsp3) is 0.148. The lowest BCUT2D eigenvalue weighted by Gasteiger charge is -2.10. The van der Waals surface area contributed by atoms with Crippen molar-refractivity contribution in [1.82, 2.24) is 0 Å². The molecule has 4 aromatic rings. The Morgan fingerprint density at radius 3 is 2.40 bits per heavy atom. The molecule has 8 heteroatoms. The molecule has 1 heterocycles. The number of nitro groups is 1. The van der Waals surface area contributed by atoms with E-state index in [1.807, 2.05) is 51.1 Å². The van der Waals surface area contributed by atoms with Gasteiger partial charge in [0.05, 0.1) is 16.7 Å². The highest BCUT2D eigenvalue weighted by Crippen LogP contribution is 2.31. The number of aryl methyl sites for hydroxylation is 3. The van der Waals surface area contributed by atoms with E-state index in [4.69, 9.17) is 13.9 Å². The third kappa shape index (κ3) is 6.05. The monoisotopic (exact) mass is 472 g/mol. The average Bonchev–Trinajstić information content (AvgIpc) is 3.28. The van der Waals surface area contributed by atoms with Crippen molar-refractivity contribution in [3.05, 3.63) is 111 Å². The van der Waals surface area contributed by atoms with Crippen LogP contribution in [0.4, 0.5) is 11.4 Å². The third-order valence-electron chi connectivity index (χ3n) is 5.14. The molecule has 0 atom stereocenters. The number of nitro benzene ring substituents is 1. The predicted octanol–water partition coefficient (Wildman–Crippen LogP) is 6.74. The molecule has 0 aliphatic heterocycles. The van der Waals surface area contributed by atoms with Crippen molar-refractivity contribution in [2.75, 3.05) is 5.32 Å². The number of hydrogen-bond donors (Lipinski definition) is 1. The first-order valence-corrected chi connectivity index (χ1v) is 10.9. The van der Waals surface area contributed by atoms with Crippen LogP contribution in [0.5, 0.6) is 17.2 Å². The summed E-state index contributed by atoms with van der Waals surface area (Å²) in [5.41, 5.74) is 3.03. The second-order valence-electron chi connectivity index (χ2n) is 8.17. The van der Waals surface area contributed by atoms with Crippen LogP contribution in [0, 0.1) is 30.9 Å². The van der Waals surface area contributed by atoms with E-state index in [0.717, 1.165) is 16.7 Å². The van der Waals surface area contributed by atoms with Gasteiger partial charge in [0.25, 0.3) is 11.6 Å². The minimum atomic E-state index is -0.551. The summed E-state index contributed by atoms with van der Waals surface area (Å²) in [6, 6.07) is 20.4. The van der Waals surface area contributed by atoms with Crippen LogP contribution >= 0.6 is 0 Å². The zero-order valence-corrected chi connectivity index (χ0v) is 19.5. The van der Waals surface area contributed by atoms with E-state index in [1.165, 1.54) is 24.3 Å². The highest BCUT2D eigenvalue weighted by molar-refractivity contribution is 6.02. The van der Waals surface area contributed by atoms with Crippen LogP contribution in [0.2, 0.25) is 0 Å². The Balaban J connectivity index is 1.47. The number of carbonyl (C=O) groups is 1. The maximum Gasteiger partial charge on any atom is 0.291 e. The van der Waals surface area contributed by atoms with Gasteiger partial charge in [-0.25, -0.2) is 0 Å². The Labute approximate surface area is 202 Å². The van der Waals surface area contributed by atoms with Gasteiger partial charge < -0.3 is 19.2 Å². The number of hydrogen-bond acceptors (Lipinski definition) is 6. The van der Waals surface area contributed by atoms with Gasteiger partial charge >= 0.3 is 0 Å². The first-order valence-electron chi connectivity index (χ1n) is 10.9. The summed E-state index contributed by atoms with van der Waals surface area (Å²) in [7, 11) is 0. The van der Waals surface area contributed by atoms with Crippen LogP contribution in [-0.2, 0) is 6.61 Å². The summed E-state index contributed by atoms with van der Waals surface area (Å²) in [6.07, 6.45) is 0. The quantitative estimate of drug-likeness (QED) is 0.225. The van der Waals surface area contributed by atoms with Gasteiger partial charge in [0.1, 0.15) is 29.6 Å². The molecule has 178 valence electrons. The van der Waals surface area contributed by atoms with Crippen molar-refractivity contribution in [3.8, 4) is 17.2 Å². The summed E-state index contributed by atoms with van der Waals surface area (Å²) >= 11 is 0. The first-order chi connectivity index (χ1) is 16.8. The van der Waals surface area contributed by atoms with Gasteiger partial charge in [-0.3, -0.25) is 14.9 Å². The van der Waals surface area contributed by atoms with Gasteiger partial charge in [0.15, 0.2) is 5.76 Å². The number of anilines is 1. The van der Waals surface area contributed by atoms with Crippen LogP contribution in [0.1, 0.15) is 33.0 Å². The van der Waals surface area contributed by atoms with Crippen LogP contribution in [0.3, 0.4) is 0 Å². The first kappa shape index (κ1) is 23.6. The SMILES string of the molecule is Cc1cc(C)cc(OCc2ccc(C(=O)Nc3cc(Oc4ccccc4C)cc([N+](=O)[O-])c3)o2)c1. The zero-order chi connectivity index (χ0) is 24.9. The lowest BCUT2D eigenvalue weighted by Crippen LogP contribution is -2.11. The number of nitrogens with one attached hydrogen (secondary N) is 1. The predicted molar refractivity (Wildman–Crippen MR) is 131 cm³/mol. The Morgan fingerprint density at radius 2 is 1.69 bits per heavy atom. The fourth-order valence-corrected chi connectivity index (χ4v) is 3.56. The summed E-state index contributed by atoms with van der Waals surface area (Å²) in [4.78, 5) is 23.6. The molecule has 0 fully saturated rings. The largest absolute Gasteiger partial charge is 0.486 e. The molecular formula is C27H24N2O6. The Hall–Kier alpha value is -4.59. The minimum Gasteiger partial charge on any atom is -0.486 e. The molecule has 0 radical (unpaired) electrons. The number of amides is 1. The molecule has 0 aliphatic carbocycles. The molecule has 0 aliphatic rings. The van der Waals surface area contributed by atoms with Gasteiger partial charge in [-0.15, -0.1) is 0 Å². The molecule has 1 N–H and O–H groups in total. The molecule has 0 bridgehead atoms. The van der Waals surface area contributed by atoms with Gasteiger partial charge in [-0.2, -0.15) is 0 Å². The number of non-ortho nitro benzene ring substituents is 1. The van der Waals surface area contributed by atoms with Gasteiger partial charge in [-0.1, -0.05) is 24.3 Å². The molecule has 0 saturated heterocycles. The molecule has 0 unspecified atom stereocenters. The van der Waals surface area contributed by atoms with Crippen LogP contribution < -0.4 is 14.8 Å². The topological polar surface area (TPSA) is 104 Å². The summed E-state index contributed by atoms with van der Waals surface area (Å²) in [5.74, 6) is 1.47.